The second kappa shape index (κ2) is 6.48. The Morgan fingerprint density at radius 1 is 1.38 bits per heavy atom. The van der Waals surface area contributed by atoms with Crippen molar-refractivity contribution in [2.45, 2.75) is 42.8 Å². The first kappa shape index (κ1) is 15.8. The SMILES string of the molecule is CCC1CCC(C#N)C(S(=O)(=O)c2cccc(OC)c2)C1. The normalized spacial score (nSPS) is 26.0. The van der Waals surface area contributed by atoms with Crippen LogP contribution in [0.5, 0.6) is 5.75 Å². The minimum atomic E-state index is -3.50. The van der Waals surface area contributed by atoms with Crippen molar-refractivity contribution in [3.8, 4) is 11.8 Å². The molecule has 114 valence electrons. The number of hydrogen-bond acceptors (Lipinski definition) is 4. The van der Waals surface area contributed by atoms with Crippen molar-refractivity contribution in [2.24, 2.45) is 11.8 Å². The fourth-order valence-electron chi connectivity index (χ4n) is 3.03. The first-order valence-electron chi connectivity index (χ1n) is 7.30. The molecule has 0 aromatic heterocycles. The summed E-state index contributed by atoms with van der Waals surface area (Å²) >= 11 is 0. The van der Waals surface area contributed by atoms with Crippen LogP contribution in [0.1, 0.15) is 32.6 Å². The third-order valence-electron chi connectivity index (χ3n) is 4.41. The van der Waals surface area contributed by atoms with E-state index < -0.39 is 21.0 Å². The summed E-state index contributed by atoms with van der Waals surface area (Å²) in [4.78, 5) is 0.254. The molecule has 0 amide bonds. The Morgan fingerprint density at radius 2 is 2.14 bits per heavy atom. The topological polar surface area (TPSA) is 67.2 Å². The van der Waals surface area contributed by atoms with Gasteiger partial charge in [0.2, 0.25) is 0 Å². The second-order valence-corrected chi connectivity index (χ2v) is 7.75. The molecular weight excluding hydrogens is 286 g/mol. The van der Waals surface area contributed by atoms with Crippen molar-refractivity contribution in [3.63, 3.8) is 0 Å². The molecule has 0 saturated heterocycles. The molecule has 1 aromatic carbocycles. The third kappa shape index (κ3) is 3.21. The standard InChI is InChI=1S/C16H21NO3S/c1-3-12-7-8-13(11-17)16(9-12)21(18,19)15-6-4-5-14(10-15)20-2/h4-6,10,12-13,16H,3,7-9H2,1-2H3. The highest BCUT2D eigenvalue weighted by Gasteiger charge is 2.39. The van der Waals surface area contributed by atoms with Crippen molar-refractivity contribution < 1.29 is 13.2 Å². The van der Waals surface area contributed by atoms with E-state index in [1.807, 2.05) is 0 Å². The third-order valence-corrected chi connectivity index (χ3v) is 6.64. The van der Waals surface area contributed by atoms with Crippen LogP contribution in [0.2, 0.25) is 0 Å². The quantitative estimate of drug-likeness (QED) is 0.856. The van der Waals surface area contributed by atoms with E-state index in [9.17, 15) is 13.7 Å². The van der Waals surface area contributed by atoms with Crippen molar-refractivity contribution in [1.82, 2.24) is 0 Å². The van der Waals surface area contributed by atoms with E-state index in [4.69, 9.17) is 4.74 Å². The number of methoxy groups -OCH3 is 1. The highest BCUT2D eigenvalue weighted by atomic mass is 32.2. The molecule has 0 spiro atoms. The van der Waals surface area contributed by atoms with Crippen LogP contribution in [-0.2, 0) is 9.84 Å². The largest absolute Gasteiger partial charge is 0.497 e. The van der Waals surface area contributed by atoms with E-state index in [0.717, 1.165) is 12.8 Å². The molecule has 0 aliphatic heterocycles. The molecule has 1 aliphatic carbocycles. The number of nitrogens with zero attached hydrogens (tertiary/aromatic N) is 1. The van der Waals surface area contributed by atoms with E-state index in [-0.39, 0.29) is 4.90 Å². The summed E-state index contributed by atoms with van der Waals surface area (Å²) in [6.45, 7) is 2.08. The first-order chi connectivity index (χ1) is 10.0. The van der Waals surface area contributed by atoms with Crippen molar-refractivity contribution in [2.75, 3.05) is 7.11 Å². The van der Waals surface area contributed by atoms with Gasteiger partial charge in [-0.25, -0.2) is 8.42 Å². The predicted molar refractivity (Wildman–Crippen MR) is 80.7 cm³/mol. The molecule has 2 rings (SSSR count). The van der Waals surface area contributed by atoms with Gasteiger partial charge in [0.15, 0.2) is 9.84 Å². The zero-order valence-electron chi connectivity index (χ0n) is 12.5. The minimum absolute atomic E-state index is 0.254. The van der Waals surface area contributed by atoms with Crippen molar-refractivity contribution >= 4 is 9.84 Å². The van der Waals surface area contributed by atoms with Crippen LogP contribution < -0.4 is 4.74 Å². The maximum atomic E-state index is 12.9. The molecule has 0 heterocycles. The first-order valence-corrected chi connectivity index (χ1v) is 8.85. The van der Waals surface area contributed by atoms with E-state index in [1.54, 1.807) is 24.3 Å². The molecule has 5 heteroatoms. The van der Waals surface area contributed by atoms with Crippen LogP contribution >= 0.6 is 0 Å². The zero-order valence-corrected chi connectivity index (χ0v) is 13.3. The van der Waals surface area contributed by atoms with Gasteiger partial charge in [-0.2, -0.15) is 5.26 Å². The van der Waals surface area contributed by atoms with Gasteiger partial charge in [0.05, 0.1) is 29.2 Å². The Bertz CT molecular complexity index is 633. The lowest BCUT2D eigenvalue weighted by molar-refractivity contribution is 0.308. The molecule has 3 unspecified atom stereocenters. The van der Waals surface area contributed by atoms with Gasteiger partial charge in [0.1, 0.15) is 5.75 Å². The fraction of sp³-hybridized carbons (Fsp3) is 0.562. The number of nitriles is 1. The summed E-state index contributed by atoms with van der Waals surface area (Å²) in [6, 6.07) is 8.71. The highest BCUT2D eigenvalue weighted by molar-refractivity contribution is 7.92. The smallest absolute Gasteiger partial charge is 0.182 e. The van der Waals surface area contributed by atoms with Gasteiger partial charge in [-0.05, 0) is 43.4 Å². The number of ether oxygens (including phenoxy) is 1. The van der Waals surface area contributed by atoms with E-state index in [1.165, 1.54) is 7.11 Å². The molecule has 1 aromatic rings. The molecule has 1 saturated carbocycles. The number of sulfone groups is 1. The molecule has 0 radical (unpaired) electrons. The van der Waals surface area contributed by atoms with Gasteiger partial charge in [-0.1, -0.05) is 19.4 Å². The summed E-state index contributed by atoms with van der Waals surface area (Å²) < 4.78 is 30.9. The average molecular weight is 307 g/mol. The van der Waals surface area contributed by atoms with Crippen LogP contribution in [0, 0.1) is 23.2 Å². The van der Waals surface area contributed by atoms with Crippen molar-refractivity contribution in [1.29, 1.82) is 5.26 Å². The second-order valence-electron chi connectivity index (χ2n) is 5.59. The monoisotopic (exact) mass is 307 g/mol. The lowest BCUT2D eigenvalue weighted by atomic mass is 9.81. The molecule has 0 bridgehead atoms. The van der Waals surface area contributed by atoms with Crippen LogP contribution in [0.4, 0.5) is 0 Å². The van der Waals surface area contributed by atoms with Crippen LogP contribution in [0.15, 0.2) is 29.2 Å². The predicted octanol–water partition coefficient (Wildman–Crippen LogP) is 3.19. The summed E-state index contributed by atoms with van der Waals surface area (Å²) in [5, 5.41) is 8.69. The fourth-order valence-corrected chi connectivity index (χ4v) is 5.08. The summed E-state index contributed by atoms with van der Waals surface area (Å²) in [6.07, 6.45) is 3.15. The molecule has 21 heavy (non-hydrogen) atoms. The Balaban J connectivity index is 2.37. The van der Waals surface area contributed by atoms with Gasteiger partial charge in [-0.15, -0.1) is 0 Å². The van der Waals surface area contributed by atoms with E-state index in [0.29, 0.717) is 24.5 Å². The Labute approximate surface area is 126 Å². The minimum Gasteiger partial charge on any atom is -0.497 e. The Hall–Kier alpha value is -1.54. The maximum Gasteiger partial charge on any atom is 0.182 e. The van der Waals surface area contributed by atoms with Crippen LogP contribution in [-0.4, -0.2) is 20.8 Å². The molecular formula is C16H21NO3S. The van der Waals surface area contributed by atoms with Crippen LogP contribution in [0.3, 0.4) is 0 Å². The molecule has 1 aliphatic rings. The molecule has 4 nitrogen and oxygen atoms in total. The lowest BCUT2D eigenvalue weighted by Gasteiger charge is -2.31. The number of rotatable bonds is 4. The Kier molecular flexibility index (Phi) is 4.89. The highest BCUT2D eigenvalue weighted by Crippen LogP contribution is 2.37. The summed E-state index contributed by atoms with van der Waals surface area (Å²) in [5.41, 5.74) is 0. The molecule has 3 atom stereocenters. The maximum absolute atomic E-state index is 12.9. The lowest BCUT2D eigenvalue weighted by Crippen LogP contribution is -2.35. The van der Waals surface area contributed by atoms with Gasteiger partial charge in [0.25, 0.3) is 0 Å². The number of benzene rings is 1. The number of hydrogen-bond donors (Lipinski definition) is 0. The van der Waals surface area contributed by atoms with Gasteiger partial charge in [0, 0.05) is 0 Å². The van der Waals surface area contributed by atoms with E-state index >= 15 is 0 Å². The molecule has 0 N–H and O–H groups in total. The van der Waals surface area contributed by atoms with Crippen molar-refractivity contribution in [3.05, 3.63) is 24.3 Å². The Morgan fingerprint density at radius 3 is 2.76 bits per heavy atom. The van der Waals surface area contributed by atoms with Gasteiger partial charge < -0.3 is 4.74 Å². The summed E-state index contributed by atoms with van der Waals surface area (Å²) in [5.74, 6) is 0.497. The zero-order chi connectivity index (χ0) is 15.5. The van der Waals surface area contributed by atoms with E-state index in [2.05, 4.69) is 13.0 Å². The van der Waals surface area contributed by atoms with Crippen LogP contribution in [0.25, 0.3) is 0 Å². The average Bonchev–Trinajstić information content (AvgIpc) is 2.54. The van der Waals surface area contributed by atoms with Gasteiger partial charge >= 0.3 is 0 Å². The summed E-state index contributed by atoms with van der Waals surface area (Å²) in [7, 11) is -1.99. The van der Waals surface area contributed by atoms with Gasteiger partial charge in [-0.3, -0.25) is 0 Å². The molecule has 1 fully saturated rings.